The highest BCUT2D eigenvalue weighted by Gasteiger charge is 2.49. The van der Waals surface area contributed by atoms with E-state index in [1.54, 1.807) is 0 Å². The minimum atomic E-state index is -3.01. The molecule has 6 nitrogen and oxygen atoms in total. The number of halogens is 4. The van der Waals surface area contributed by atoms with Crippen LogP contribution in [0.25, 0.3) is 0 Å². The maximum absolute atomic E-state index is 13.8. The van der Waals surface area contributed by atoms with E-state index >= 15 is 0 Å². The van der Waals surface area contributed by atoms with Crippen LogP contribution in [0.2, 0.25) is 0 Å². The van der Waals surface area contributed by atoms with Gasteiger partial charge in [0.25, 0.3) is 5.91 Å². The van der Waals surface area contributed by atoms with E-state index in [0.717, 1.165) is 12.1 Å². The van der Waals surface area contributed by atoms with Gasteiger partial charge in [-0.15, -0.1) is 0 Å². The first kappa shape index (κ1) is 20.6. The maximum Gasteiger partial charge on any atom is 0.387 e. The highest BCUT2D eigenvalue weighted by Crippen LogP contribution is 2.31. The number of benzene rings is 2. The summed E-state index contributed by atoms with van der Waals surface area (Å²) in [6.07, 6.45) is -1.57. The monoisotopic (exact) mass is 412 g/mol. The van der Waals surface area contributed by atoms with Crippen molar-refractivity contribution in [3.8, 4) is 5.75 Å². The van der Waals surface area contributed by atoms with Crippen LogP contribution in [0.1, 0.15) is 24.2 Å². The number of β-amino-alcohol motifs (C(OH)–C–C–N with tert-alkyl or cyclic N) is 1. The molecule has 0 radical (unpaired) electrons. The number of carbonyl (C=O) groups is 2. The predicted octanol–water partition coefficient (Wildman–Crippen LogP) is 3.07. The van der Waals surface area contributed by atoms with Crippen molar-refractivity contribution >= 4 is 11.9 Å². The molecule has 3 amide bonds. The number of urea groups is 1. The predicted molar refractivity (Wildman–Crippen MR) is 92.0 cm³/mol. The smallest absolute Gasteiger partial charge is 0.387 e. The molecule has 1 saturated heterocycles. The number of carbonyl (C=O) groups excluding carboxylic acids is 2. The van der Waals surface area contributed by atoms with Crippen LogP contribution in [0, 0.1) is 11.6 Å². The van der Waals surface area contributed by atoms with Crippen molar-refractivity contribution < 1.29 is 37.0 Å². The molecule has 0 aromatic heterocycles. The summed E-state index contributed by atoms with van der Waals surface area (Å²) in [4.78, 5) is 25.8. The Morgan fingerprint density at radius 2 is 1.79 bits per heavy atom. The molecule has 154 valence electrons. The molecular weight excluding hydrogens is 396 g/mol. The van der Waals surface area contributed by atoms with E-state index in [9.17, 15) is 32.3 Å². The molecule has 1 aliphatic rings. The zero-order valence-corrected chi connectivity index (χ0v) is 15.0. The summed E-state index contributed by atoms with van der Waals surface area (Å²) < 4.78 is 55.6. The summed E-state index contributed by atoms with van der Waals surface area (Å²) in [7, 11) is 0. The highest BCUT2D eigenvalue weighted by molar-refractivity contribution is 6.07. The number of hydrogen-bond donors (Lipinski definition) is 2. The van der Waals surface area contributed by atoms with Crippen LogP contribution in [0.3, 0.4) is 0 Å². The minimum Gasteiger partial charge on any atom is -0.435 e. The van der Waals surface area contributed by atoms with Gasteiger partial charge in [0, 0.05) is 11.6 Å². The molecule has 2 N–H and O–H groups in total. The van der Waals surface area contributed by atoms with Crippen molar-refractivity contribution in [1.82, 2.24) is 10.2 Å². The lowest BCUT2D eigenvalue weighted by atomic mass is 9.92. The summed E-state index contributed by atoms with van der Waals surface area (Å²) in [6, 6.07) is 6.85. The van der Waals surface area contributed by atoms with Crippen molar-refractivity contribution in [2.45, 2.75) is 25.2 Å². The maximum atomic E-state index is 13.8. The number of aliphatic hydroxyl groups is 1. The Hall–Kier alpha value is -3.14. The number of nitrogens with zero attached hydrogens (tertiary/aromatic N) is 1. The molecule has 2 aromatic carbocycles. The van der Waals surface area contributed by atoms with E-state index in [2.05, 4.69) is 10.1 Å². The van der Waals surface area contributed by atoms with Gasteiger partial charge in [-0.2, -0.15) is 8.78 Å². The number of hydrogen-bond acceptors (Lipinski definition) is 4. The lowest BCUT2D eigenvalue weighted by molar-refractivity contribution is -0.132. The number of nitrogens with one attached hydrogen (secondary N) is 1. The third-order valence-corrected chi connectivity index (χ3v) is 4.61. The Bertz CT molecular complexity index is 938. The Balaban J connectivity index is 1.79. The van der Waals surface area contributed by atoms with E-state index in [-0.39, 0.29) is 11.3 Å². The number of rotatable bonds is 6. The lowest BCUT2D eigenvalue weighted by Gasteiger charge is -2.23. The molecule has 0 bridgehead atoms. The molecule has 29 heavy (non-hydrogen) atoms. The van der Waals surface area contributed by atoms with Crippen LogP contribution in [0.4, 0.5) is 22.4 Å². The van der Waals surface area contributed by atoms with Crippen molar-refractivity contribution in [3.05, 3.63) is 65.2 Å². The molecule has 1 fully saturated rings. The second-order valence-electron chi connectivity index (χ2n) is 6.56. The Kier molecular flexibility index (Phi) is 5.47. The van der Waals surface area contributed by atoms with E-state index in [4.69, 9.17) is 0 Å². The molecule has 0 aliphatic carbocycles. The van der Waals surface area contributed by atoms with Crippen molar-refractivity contribution in [1.29, 1.82) is 0 Å². The van der Waals surface area contributed by atoms with E-state index < -0.39 is 48.4 Å². The summed E-state index contributed by atoms with van der Waals surface area (Å²) in [6.45, 7) is -2.16. The van der Waals surface area contributed by atoms with Gasteiger partial charge in [-0.1, -0.05) is 18.2 Å². The molecule has 1 aliphatic heterocycles. The summed E-state index contributed by atoms with van der Waals surface area (Å²) >= 11 is 0. The number of aliphatic hydroxyl groups excluding tert-OH is 1. The average Bonchev–Trinajstić information content (AvgIpc) is 2.85. The second-order valence-corrected chi connectivity index (χ2v) is 6.56. The molecular formula is C19H16F4N2O4. The van der Waals surface area contributed by atoms with Gasteiger partial charge in [0.15, 0.2) is 0 Å². The van der Waals surface area contributed by atoms with Crippen molar-refractivity contribution in [3.63, 3.8) is 0 Å². The SMILES string of the molecule is CC1(c2ccc(OC(F)F)cc2)NC(=O)N(CC(O)c2ccc(F)cc2F)C1=O. The van der Waals surface area contributed by atoms with Crippen LogP contribution >= 0.6 is 0 Å². The fourth-order valence-corrected chi connectivity index (χ4v) is 3.07. The Morgan fingerprint density at radius 1 is 1.14 bits per heavy atom. The van der Waals surface area contributed by atoms with Gasteiger partial charge in [0.05, 0.1) is 12.6 Å². The van der Waals surface area contributed by atoms with Crippen LogP contribution in [0.5, 0.6) is 5.75 Å². The molecule has 0 saturated carbocycles. The molecule has 2 unspecified atom stereocenters. The molecule has 10 heteroatoms. The third kappa shape index (κ3) is 4.02. The van der Waals surface area contributed by atoms with E-state index in [0.29, 0.717) is 16.5 Å². The number of amides is 3. The fraction of sp³-hybridized carbons (Fsp3) is 0.263. The van der Waals surface area contributed by atoms with E-state index in [1.165, 1.54) is 31.2 Å². The summed E-state index contributed by atoms with van der Waals surface area (Å²) in [5.41, 5.74) is -1.50. The molecule has 2 aromatic rings. The highest BCUT2D eigenvalue weighted by atomic mass is 19.3. The molecule has 3 rings (SSSR count). The fourth-order valence-electron chi connectivity index (χ4n) is 3.07. The third-order valence-electron chi connectivity index (χ3n) is 4.61. The van der Waals surface area contributed by atoms with Gasteiger partial charge in [-0.3, -0.25) is 9.69 Å². The zero-order chi connectivity index (χ0) is 21.3. The van der Waals surface area contributed by atoms with E-state index in [1.807, 2.05) is 0 Å². The standard InChI is InChI=1S/C19H16F4N2O4/c1-19(10-2-5-12(6-3-10)29-17(22)23)16(27)25(18(28)24-19)9-15(26)13-7-4-11(20)8-14(13)21/h2-8,15,17,26H,9H2,1H3,(H,24,28). The first-order valence-corrected chi connectivity index (χ1v) is 8.44. The summed E-state index contributed by atoms with van der Waals surface area (Å²) in [5.74, 6) is -2.70. The molecule has 0 spiro atoms. The normalized spacial score (nSPS) is 20.2. The average molecular weight is 412 g/mol. The lowest BCUT2D eigenvalue weighted by Crippen LogP contribution is -2.41. The van der Waals surface area contributed by atoms with Crippen LogP contribution in [-0.4, -0.2) is 35.1 Å². The van der Waals surface area contributed by atoms with Gasteiger partial charge in [-0.05, 0) is 30.7 Å². The van der Waals surface area contributed by atoms with Gasteiger partial charge in [0.1, 0.15) is 22.9 Å². The van der Waals surface area contributed by atoms with Crippen LogP contribution < -0.4 is 10.1 Å². The Labute approximate surface area is 162 Å². The molecule has 2 atom stereocenters. The van der Waals surface area contributed by atoms with Gasteiger partial charge >= 0.3 is 12.6 Å². The quantitative estimate of drug-likeness (QED) is 0.565. The van der Waals surface area contributed by atoms with Crippen LogP contribution in [-0.2, 0) is 10.3 Å². The van der Waals surface area contributed by atoms with Crippen molar-refractivity contribution in [2.24, 2.45) is 0 Å². The topological polar surface area (TPSA) is 78.9 Å². The zero-order valence-electron chi connectivity index (χ0n) is 15.0. The largest absolute Gasteiger partial charge is 0.435 e. The van der Waals surface area contributed by atoms with Crippen molar-refractivity contribution in [2.75, 3.05) is 6.54 Å². The first-order chi connectivity index (χ1) is 13.6. The molecule has 1 heterocycles. The number of alkyl halides is 2. The summed E-state index contributed by atoms with van der Waals surface area (Å²) in [5, 5.41) is 12.7. The number of ether oxygens (including phenoxy) is 1. The minimum absolute atomic E-state index is 0.122. The van der Waals surface area contributed by atoms with Gasteiger partial charge in [0.2, 0.25) is 0 Å². The number of imide groups is 1. The Morgan fingerprint density at radius 3 is 2.38 bits per heavy atom. The van der Waals surface area contributed by atoms with Crippen LogP contribution in [0.15, 0.2) is 42.5 Å². The van der Waals surface area contributed by atoms with Gasteiger partial charge in [-0.25, -0.2) is 13.6 Å². The first-order valence-electron chi connectivity index (χ1n) is 8.44. The second kappa shape index (κ2) is 7.70. The van der Waals surface area contributed by atoms with Gasteiger partial charge < -0.3 is 15.2 Å².